The van der Waals surface area contributed by atoms with Crippen LogP contribution in [0.5, 0.6) is 5.75 Å². The predicted octanol–water partition coefficient (Wildman–Crippen LogP) is 0.707. The lowest BCUT2D eigenvalue weighted by Gasteiger charge is -2.23. The molecule has 4 rings (SSSR count). The molecule has 9 N–H and O–H groups in total. The zero-order valence-corrected chi connectivity index (χ0v) is 36.4. The van der Waals surface area contributed by atoms with Crippen LogP contribution in [0.3, 0.4) is 0 Å². The number of carbonyl (C=O) groups is 3. The van der Waals surface area contributed by atoms with Crippen LogP contribution < -0.4 is 26.6 Å². The van der Waals surface area contributed by atoms with E-state index >= 15 is 0 Å². The highest BCUT2D eigenvalue weighted by atomic mass is 32.2. The molecule has 328 valence electrons. The van der Waals surface area contributed by atoms with Crippen molar-refractivity contribution >= 4 is 65.2 Å². The number of phenolic OH excluding ortho intramolecular Hbond substituents is 1. The van der Waals surface area contributed by atoms with Gasteiger partial charge in [0, 0.05) is 54.2 Å². The molecule has 0 saturated carbocycles. The van der Waals surface area contributed by atoms with Crippen LogP contribution in [0.1, 0.15) is 49.9 Å². The predicted molar refractivity (Wildman–Crippen MR) is 224 cm³/mol. The number of nitrogens with one attached hydrogen (secondary N) is 3. The molecule has 2 aromatic rings. The highest BCUT2D eigenvalue weighted by Crippen LogP contribution is 2.48. The number of amides is 3. The summed E-state index contributed by atoms with van der Waals surface area (Å²) in [6.07, 6.45) is 9.81. The minimum Gasteiger partial charge on any atom is -0.508 e. The van der Waals surface area contributed by atoms with Gasteiger partial charge in [-0.2, -0.15) is 29.8 Å². The third-order valence-electron chi connectivity index (χ3n) is 10.4. The number of hydrogen-bond donors (Lipinski definition) is 8. The SMILES string of the molecule is Cc1cc2c(cc1O)N(C)/C(=C/C=C/C=C/C1=[N+](C)c3ccc(CNC(=O)C(CS(=O)(=O)O)NC(=O)C(CS(=O)(=O)O)NC(=O)C(N)CS(=O)(=O)O)cc3C1(C)C)C2(C)C. The van der Waals surface area contributed by atoms with Crippen molar-refractivity contribution in [2.24, 2.45) is 5.73 Å². The Labute approximate surface area is 349 Å². The van der Waals surface area contributed by atoms with Gasteiger partial charge in [0.1, 0.15) is 42.4 Å². The maximum Gasteiger partial charge on any atom is 0.267 e. The number of anilines is 1. The van der Waals surface area contributed by atoms with Crippen molar-refractivity contribution in [3.63, 3.8) is 0 Å². The molecule has 3 unspecified atom stereocenters. The lowest BCUT2D eigenvalue weighted by molar-refractivity contribution is -0.401. The van der Waals surface area contributed by atoms with E-state index in [-0.39, 0.29) is 17.7 Å². The first kappa shape index (κ1) is 47.7. The van der Waals surface area contributed by atoms with E-state index in [1.54, 1.807) is 17.4 Å². The molecule has 3 amide bonds. The molecule has 22 heteroatoms. The molecule has 2 aromatic carbocycles. The first-order valence-corrected chi connectivity index (χ1v) is 23.1. The number of nitrogens with zero attached hydrogens (tertiary/aromatic N) is 2. The van der Waals surface area contributed by atoms with Gasteiger partial charge in [0.15, 0.2) is 5.71 Å². The average molecular weight is 896 g/mol. The topological polar surface area (TPSA) is 303 Å². The van der Waals surface area contributed by atoms with Gasteiger partial charge < -0.3 is 31.7 Å². The number of fused-ring (bicyclic) bond motifs is 2. The van der Waals surface area contributed by atoms with E-state index in [1.807, 2.05) is 93.3 Å². The van der Waals surface area contributed by atoms with Crippen molar-refractivity contribution in [3.05, 3.63) is 88.7 Å². The Balaban J connectivity index is 1.47. The Morgan fingerprint density at radius 1 is 0.800 bits per heavy atom. The van der Waals surface area contributed by atoms with Gasteiger partial charge in [0.2, 0.25) is 23.4 Å². The minimum absolute atomic E-state index is 0.199. The van der Waals surface area contributed by atoms with Gasteiger partial charge in [0.25, 0.3) is 30.4 Å². The fourth-order valence-corrected chi connectivity index (χ4v) is 9.19. The number of allylic oxidation sites excluding steroid dienone is 6. The van der Waals surface area contributed by atoms with Gasteiger partial charge in [-0.25, -0.2) is 0 Å². The van der Waals surface area contributed by atoms with Gasteiger partial charge in [-0.15, -0.1) is 0 Å². The van der Waals surface area contributed by atoms with Crippen LogP contribution >= 0.6 is 0 Å². The second-order valence-corrected chi connectivity index (χ2v) is 20.2. The van der Waals surface area contributed by atoms with Crippen molar-refractivity contribution in [1.82, 2.24) is 16.0 Å². The van der Waals surface area contributed by atoms with Crippen molar-refractivity contribution in [1.29, 1.82) is 0 Å². The Hall–Kier alpha value is -4.97. The highest BCUT2D eigenvalue weighted by Gasteiger charge is 2.43. The third kappa shape index (κ3) is 11.4. The van der Waals surface area contributed by atoms with Crippen molar-refractivity contribution in [2.45, 2.75) is 70.1 Å². The second-order valence-electron chi connectivity index (χ2n) is 15.7. The summed E-state index contributed by atoms with van der Waals surface area (Å²) >= 11 is 0. The van der Waals surface area contributed by atoms with E-state index in [0.717, 1.165) is 39.5 Å². The molecule has 19 nitrogen and oxygen atoms in total. The Kier molecular flexibility index (Phi) is 14.0. The summed E-state index contributed by atoms with van der Waals surface area (Å²) < 4.78 is 99.0. The average Bonchev–Trinajstić information content (AvgIpc) is 3.40. The summed E-state index contributed by atoms with van der Waals surface area (Å²) in [4.78, 5) is 40.8. The van der Waals surface area contributed by atoms with Gasteiger partial charge >= 0.3 is 0 Å². The van der Waals surface area contributed by atoms with Gasteiger partial charge in [-0.05, 0) is 55.7 Å². The van der Waals surface area contributed by atoms with E-state index in [0.29, 0.717) is 5.56 Å². The third-order valence-corrected chi connectivity index (χ3v) is 12.7. The molecule has 0 radical (unpaired) electrons. The van der Waals surface area contributed by atoms with Crippen molar-refractivity contribution in [2.75, 3.05) is 36.3 Å². The van der Waals surface area contributed by atoms with Crippen LogP contribution in [0.15, 0.2) is 66.4 Å². The van der Waals surface area contributed by atoms with E-state index in [1.165, 1.54) is 0 Å². The Bertz CT molecular complexity index is 2550. The van der Waals surface area contributed by atoms with E-state index in [4.69, 9.17) is 10.3 Å². The number of hydrogen-bond acceptors (Lipinski definition) is 12. The molecule has 3 atom stereocenters. The summed E-state index contributed by atoms with van der Waals surface area (Å²) in [6, 6.07) is 2.88. The molecule has 0 bridgehead atoms. The number of benzene rings is 2. The van der Waals surface area contributed by atoms with Crippen LogP contribution in [0.4, 0.5) is 11.4 Å². The first-order chi connectivity index (χ1) is 27.4. The fourth-order valence-electron chi connectivity index (χ4n) is 7.27. The van der Waals surface area contributed by atoms with Crippen LogP contribution in [0.2, 0.25) is 0 Å². The maximum absolute atomic E-state index is 13.3. The highest BCUT2D eigenvalue weighted by molar-refractivity contribution is 7.86. The van der Waals surface area contributed by atoms with Gasteiger partial charge in [0.05, 0.1) is 11.2 Å². The molecule has 0 aromatic heterocycles. The lowest BCUT2D eigenvalue weighted by atomic mass is 9.81. The van der Waals surface area contributed by atoms with Crippen LogP contribution in [0, 0.1) is 6.92 Å². The van der Waals surface area contributed by atoms with Crippen LogP contribution in [0.25, 0.3) is 0 Å². The quantitative estimate of drug-likeness (QED) is 0.0654. The monoisotopic (exact) mass is 895 g/mol. The normalized spacial score (nSPS) is 18.4. The standard InChI is InChI=1S/C38H50N6O13S3/c1-22-15-24-30(17-31(22)45)44(7)33(37(24,2)3)12-10-8-9-11-32-38(4,5)25-16-23(13-14-29(25)43(32)6)18-40-35(47)27(20-59(52,53)54)42-36(48)28(21-60(55,56)57)41-34(46)26(39)19-58(49,50)51/h8-17,26-28H,18-21,39H2,1-7H3,(H6-,40,41,42,45,46,47,48,49,50,51,52,53,54,55,56,57)/p+1. The van der Waals surface area contributed by atoms with Gasteiger partial charge in [-0.1, -0.05) is 38.1 Å². The summed E-state index contributed by atoms with van der Waals surface area (Å²) in [5.74, 6) is -8.10. The number of nitrogens with two attached hydrogens (primary N) is 1. The van der Waals surface area contributed by atoms with Crippen LogP contribution in [-0.2, 0) is 62.1 Å². The Morgan fingerprint density at radius 2 is 1.37 bits per heavy atom. The zero-order valence-electron chi connectivity index (χ0n) is 34.0. The number of likely N-dealkylation sites (N-methyl/N-ethyl adjacent to an activating group) is 1. The molecule has 60 heavy (non-hydrogen) atoms. The number of aryl methyl sites for hydroxylation is 1. The van der Waals surface area contributed by atoms with E-state index in [2.05, 4.69) is 24.1 Å². The summed E-state index contributed by atoms with van der Waals surface area (Å²) in [5, 5.41) is 16.5. The van der Waals surface area contributed by atoms with Gasteiger partial charge in [-0.3, -0.25) is 28.0 Å². The number of phenols is 1. The van der Waals surface area contributed by atoms with Crippen molar-refractivity contribution in [3.8, 4) is 5.75 Å². The molecule has 2 aliphatic rings. The fraction of sp³-hybridized carbons (Fsp3) is 0.421. The molecule has 0 saturated heterocycles. The molecule has 0 aliphatic carbocycles. The zero-order chi connectivity index (χ0) is 45.3. The number of rotatable bonds is 16. The van der Waals surface area contributed by atoms with E-state index < -0.39 is 88.9 Å². The summed E-state index contributed by atoms with van der Waals surface area (Å²) in [6.45, 7) is 9.97. The molecule has 2 aliphatic heterocycles. The molecule has 0 spiro atoms. The first-order valence-electron chi connectivity index (χ1n) is 18.3. The molecular weight excluding hydrogens is 845 g/mol. The lowest BCUT2D eigenvalue weighted by Crippen LogP contribution is -2.59. The largest absolute Gasteiger partial charge is 0.508 e. The van der Waals surface area contributed by atoms with Crippen LogP contribution in [-0.4, -0.2) is 122 Å². The summed E-state index contributed by atoms with van der Waals surface area (Å²) in [7, 11) is -10.9. The maximum atomic E-state index is 13.3. The van der Waals surface area contributed by atoms with Crippen molar-refractivity contribution < 1.29 is 63.0 Å². The van der Waals surface area contributed by atoms with E-state index in [9.17, 15) is 53.8 Å². The smallest absolute Gasteiger partial charge is 0.267 e. The second kappa shape index (κ2) is 17.6. The molecule has 0 fully saturated rings. The minimum atomic E-state index is -5.04. The number of carbonyl (C=O) groups excluding carboxylic acids is 3. The Morgan fingerprint density at radius 3 is 1.95 bits per heavy atom. The number of aromatic hydroxyl groups is 1. The molecular formula is C38H51N6O13S3+. The molecule has 2 heterocycles. The summed E-state index contributed by atoms with van der Waals surface area (Å²) in [5.41, 5.74) is 11.8.